The summed E-state index contributed by atoms with van der Waals surface area (Å²) in [6.45, 7) is 0. The standard InChI is InChI=1S/C11H13N5O2S/c12-7-3-6(1-2-8(7)16-13)5-19-9-4-14-10(17)11(18)15-9/h1-4,16H,5,12-13H2,(H,14,17)(H,15,18). The number of rotatable bonds is 4. The van der Waals surface area contributed by atoms with Crippen LogP contribution in [0, 0.1) is 0 Å². The molecule has 2 aromatic rings. The number of aromatic amines is 2. The molecule has 8 heteroatoms. The molecule has 0 atom stereocenters. The zero-order chi connectivity index (χ0) is 13.8. The molecular formula is C11H13N5O2S. The molecule has 0 aliphatic rings. The Kier molecular flexibility index (Phi) is 3.93. The molecule has 0 aliphatic carbocycles. The first-order valence-corrected chi connectivity index (χ1v) is 6.38. The molecule has 100 valence electrons. The lowest BCUT2D eigenvalue weighted by Gasteiger charge is -2.07. The van der Waals surface area contributed by atoms with E-state index in [2.05, 4.69) is 15.4 Å². The number of hydrogen-bond donors (Lipinski definition) is 5. The summed E-state index contributed by atoms with van der Waals surface area (Å²) in [5.74, 6) is 5.90. The van der Waals surface area contributed by atoms with Gasteiger partial charge in [0.2, 0.25) is 0 Å². The van der Waals surface area contributed by atoms with Crippen molar-refractivity contribution < 1.29 is 0 Å². The molecule has 0 aliphatic heterocycles. The monoisotopic (exact) mass is 279 g/mol. The van der Waals surface area contributed by atoms with Gasteiger partial charge in [-0.3, -0.25) is 15.4 Å². The minimum atomic E-state index is -0.660. The van der Waals surface area contributed by atoms with Gasteiger partial charge < -0.3 is 21.1 Å². The molecule has 2 rings (SSSR count). The van der Waals surface area contributed by atoms with E-state index in [0.29, 0.717) is 22.2 Å². The van der Waals surface area contributed by atoms with E-state index in [1.54, 1.807) is 12.1 Å². The number of nitrogen functional groups attached to an aromatic ring is 2. The summed E-state index contributed by atoms with van der Waals surface area (Å²) in [5.41, 5.74) is 9.15. The van der Waals surface area contributed by atoms with Crippen LogP contribution in [0.2, 0.25) is 0 Å². The predicted octanol–water partition coefficient (Wildman–Crippen LogP) is 0.223. The Balaban J connectivity index is 2.10. The van der Waals surface area contributed by atoms with E-state index >= 15 is 0 Å². The SMILES string of the molecule is NNc1ccc(CSc2c[nH]c(=O)c(=O)[nH]2)cc1N. The second-order valence-electron chi connectivity index (χ2n) is 3.79. The molecule has 7 N–H and O–H groups in total. The van der Waals surface area contributed by atoms with Crippen molar-refractivity contribution >= 4 is 23.1 Å². The fraction of sp³-hybridized carbons (Fsp3) is 0.0909. The van der Waals surface area contributed by atoms with Crippen LogP contribution in [-0.2, 0) is 5.75 Å². The maximum absolute atomic E-state index is 11.1. The van der Waals surface area contributed by atoms with Crippen LogP contribution in [0.3, 0.4) is 0 Å². The number of benzene rings is 1. The Morgan fingerprint density at radius 3 is 2.68 bits per heavy atom. The molecule has 0 saturated heterocycles. The topological polar surface area (TPSA) is 130 Å². The fourth-order valence-electron chi connectivity index (χ4n) is 1.47. The van der Waals surface area contributed by atoms with Crippen LogP contribution in [0.4, 0.5) is 11.4 Å². The van der Waals surface area contributed by atoms with E-state index in [9.17, 15) is 9.59 Å². The average Bonchev–Trinajstić information content (AvgIpc) is 2.40. The fourth-order valence-corrected chi connectivity index (χ4v) is 2.28. The molecular weight excluding hydrogens is 266 g/mol. The zero-order valence-corrected chi connectivity index (χ0v) is 10.7. The van der Waals surface area contributed by atoms with Crippen LogP contribution in [-0.4, -0.2) is 9.97 Å². The lowest BCUT2D eigenvalue weighted by atomic mass is 10.2. The molecule has 1 heterocycles. The number of nitrogens with two attached hydrogens (primary N) is 2. The van der Waals surface area contributed by atoms with Crippen molar-refractivity contribution in [1.29, 1.82) is 0 Å². The number of thioether (sulfide) groups is 1. The average molecular weight is 279 g/mol. The van der Waals surface area contributed by atoms with Crippen molar-refractivity contribution in [2.45, 2.75) is 10.8 Å². The highest BCUT2D eigenvalue weighted by Gasteiger charge is 2.02. The lowest BCUT2D eigenvalue weighted by Crippen LogP contribution is -2.28. The van der Waals surface area contributed by atoms with Crippen LogP contribution in [0.25, 0.3) is 0 Å². The zero-order valence-electron chi connectivity index (χ0n) is 9.90. The third-order valence-electron chi connectivity index (χ3n) is 2.44. The molecule has 0 fully saturated rings. The predicted molar refractivity (Wildman–Crippen MR) is 75.9 cm³/mol. The first kappa shape index (κ1) is 13.2. The number of hydrogen-bond acceptors (Lipinski definition) is 6. The van der Waals surface area contributed by atoms with E-state index in [0.717, 1.165) is 5.56 Å². The summed E-state index contributed by atoms with van der Waals surface area (Å²) in [5, 5.41) is 0.587. The van der Waals surface area contributed by atoms with E-state index in [1.165, 1.54) is 18.0 Å². The molecule has 1 aromatic carbocycles. The minimum absolute atomic E-state index is 0.551. The summed E-state index contributed by atoms with van der Waals surface area (Å²) >= 11 is 1.39. The van der Waals surface area contributed by atoms with Crippen molar-refractivity contribution in [3.8, 4) is 0 Å². The van der Waals surface area contributed by atoms with E-state index in [1.807, 2.05) is 6.07 Å². The van der Waals surface area contributed by atoms with E-state index in [-0.39, 0.29) is 0 Å². The molecule has 0 spiro atoms. The third-order valence-corrected chi connectivity index (χ3v) is 3.45. The summed E-state index contributed by atoms with van der Waals surface area (Å²) < 4.78 is 0. The normalized spacial score (nSPS) is 10.4. The first-order valence-electron chi connectivity index (χ1n) is 5.40. The quantitative estimate of drug-likeness (QED) is 0.179. The molecule has 0 saturated carbocycles. The van der Waals surface area contributed by atoms with Gasteiger partial charge >= 0.3 is 11.1 Å². The number of anilines is 2. The van der Waals surface area contributed by atoms with Crippen LogP contribution >= 0.6 is 11.8 Å². The van der Waals surface area contributed by atoms with Crippen molar-refractivity contribution in [3.63, 3.8) is 0 Å². The van der Waals surface area contributed by atoms with Gasteiger partial charge in [0, 0.05) is 11.9 Å². The summed E-state index contributed by atoms with van der Waals surface area (Å²) in [7, 11) is 0. The molecule has 0 unspecified atom stereocenters. The largest absolute Gasteiger partial charge is 0.397 e. The highest BCUT2D eigenvalue weighted by Crippen LogP contribution is 2.24. The second-order valence-corrected chi connectivity index (χ2v) is 4.81. The Morgan fingerprint density at radius 1 is 1.26 bits per heavy atom. The van der Waals surface area contributed by atoms with E-state index in [4.69, 9.17) is 11.6 Å². The van der Waals surface area contributed by atoms with Crippen molar-refractivity contribution in [3.05, 3.63) is 50.7 Å². The van der Waals surface area contributed by atoms with Gasteiger partial charge in [-0.25, -0.2) is 0 Å². The minimum Gasteiger partial charge on any atom is -0.397 e. The highest BCUT2D eigenvalue weighted by atomic mass is 32.2. The molecule has 0 amide bonds. The Morgan fingerprint density at radius 2 is 2.05 bits per heavy atom. The van der Waals surface area contributed by atoms with Crippen LogP contribution in [0.15, 0.2) is 39.0 Å². The van der Waals surface area contributed by atoms with Gasteiger partial charge in [-0.1, -0.05) is 6.07 Å². The number of hydrazine groups is 1. The first-order chi connectivity index (χ1) is 9.10. The lowest BCUT2D eigenvalue weighted by molar-refractivity contribution is 0.971. The maximum atomic E-state index is 11.1. The van der Waals surface area contributed by atoms with Crippen LogP contribution in [0.1, 0.15) is 5.56 Å². The smallest absolute Gasteiger partial charge is 0.314 e. The van der Waals surface area contributed by atoms with Crippen molar-refractivity contribution in [2.24, 2.45) is 5.84 Å². The molecule has 0 radical (unpaired) electrons. The second kappa shape index (κ2) is 5.63. The van der Waals surface area contributed by atoms with Gasteiger partial charge in [0.25, 0.3) is 0 Å². The number of H-pyrrole nitrogens is 2. The third kappa shape index (κ3) is 3.18. The highest BCUT2D eigenvalue weighted by molar-refractivity contribution is 7.98. The van der Waals surface area contributed by atoms with Gasteiger partial charge in [0.1, 0.15) is 0 Å². The maximum Gasteiger partial charge on any atom is 0.314 e. The van der Waals surface area contributed by atoms with Gasteiger partial charge in [-0.2, -0.15) is 0 Å². The van der Waals surface area contributed by atoms with Crippen molar-refractivity contribution in [1.82, 2.24) is 9.97 Å². The Bertz CT molecular complexity index is 694. The van der Waals surface area contributed by atoms with Crippen LogP contribution in [0.5, 0.6) is 0 Å². The summed E-state index contributed by atoms with van der Waals surface area (Å²) in [6.07, 6.45) is 1.47. The molecule has 19 heavy (non-hydrogen) atoms. The van der Waals surface area contributed by atoms with Crippen LogP contribution < -0.4 is 28.1 Å². The van der Waals surface area contributed by atoms with Gasteiger partial charge in [-0.15, -0.1) is 11.8 Å². The van der Waals surface area contributed by atoms with Gasteiger partial charge in [-0.05, 0) is 17.7 Å². The van der Waals surface area contributed by atoms with E-state index < -0.39 is 11.1 Å². The Labute approximate surface area is 112 Å². The van der Waals surface area contributed by atoms with Crippen molar-refractivity contribution in [2.75, 3.05) is 11.2 Å². The molecule has 7 nitrogen and oxygen atoms in total. The summed E-state index contributed by atoms with van der Waals surface area (Å²) in [6, 6.07) is 5.45. The van der Waals surface area contributed by atoms with Gasteiger partial charge in [0.05, 0.1) is 16.4 Å². The van der Waals surface area contributed by atoms with Gasteiger partial charge in [0.15, 0.2) is 0 Å². The Hall–Kier alpha value is -2.19. The molecule has 0 bridgehead atoms. The number of aromatic nitrogens is 2. The molecule has 1 aromatic heterocycles. The number of nitrogens with one attached hydrogen (secondary N) is 3. The summed E-state index contributed by atoms with van der Waals surface area (Å²) in [4.78, 5) is 26.9.